The van der Waals surface area contributed by atoms with Gasteiger partial charge in [-0.2, -0.15) is 0 Å². The molecule has 1 aromatic rings. The lowest BCUT2D eigenvalue weighted by Gasteiger charge is -2.19. The maximum Gasteiger partial charge on any atom is 0.191 e. The first-order valence-electron chi connectivity index (χ1n) is 6.42. The van der Waals surface area contributed by atoms with E-state index < -0.39 is 12.4 Å². The van der Waals surface area contributed by atoms with Crippen LogP contribution in [-0.2, 0) is 9.47 Å². The predicted octanol–water partition coefficient (Wildman–Crippen LogP) is 3.17. The van der Waals surface area contributed by atoms with Gasteiger partial charge in [0.25, 0.3) is 0 Å². The fourth-order valence-corrected chi connectivity index (χ4v) is 1.83. The van der Waals surface area contributed by atoms with Crippen LogP contribution >= 0.6 is 11.6 Å². The predicted molar refractivity (Wildman–Crippen MR) is 74.6 cm³/mol. The number of rotatable bonds is 8. The van der Waals surface area contributed by atoms with Gasteiger partial charge in [0, 0.05) is 23.8 Å². The fraction of sp³-hybridized carbons (Fsp3) is 0.571. The van der Waals surface area contributed by atoms with Crippen LogP contribution in [0.3, 0.4) is 0 Å². The molecular formula is C14H21ClO4. The lowest BCUT2D eigenvalue weighted by Crippen LogP contribution is -2.25. The monoisotopic (exact) mass is 288 g/mol. The van der Waals surface area contributed by atoms with Crippen LogP contribution in [0.25, 0.3) is 0 Å². The number of ether oxygens (including phenoxy) is 3. The van der Waals surface area contributed by atoms with Crippen molar-refractivity contribution in [3.8, 4) is 5.75 Å². The summed E-state index contributed by atoms with van der Waals surface area (Å²) < 4.78 is 16.4. The van der Waals surface area contributed by atoms with Gasteiger partial charge in [-0.15, -0.1) is 0 Å². The quantitative estimate of drug-likeness (QED) is 0.747. The Labute approximate surface area is 119 Å². The van der Waals surface area contributed by atoms with Crippen molar-refractivity contribution in [2.75, 3.05) is 19.8 Å². The van der Waals surface area contributed by atoms with Gasteiger partial charge in [0.15, 0.2) is 6.29 Å². The van der Waals surface area contributed by atoms with E-state index in [1.165, 1.54) is 0 Å². The molecule has 5 heteroatoms. The van der Waals surface area contributed by atoms with E-state index in [9.17, 15) is 5.11 Å². The highest BCUT2D eigenvalue weighted by atomic mass is 35.5. The zero-order valence-electron chi connectivity index (χ0n) is 11.6. The molecule has 0 aliphatic heterocycles. The highest BCUT2D eigenvalue weighted by Gasteiger charge is 2.13. The fourth-order valence-electron chi connectivity index (χ4n) is 1.65. The number of benzene rings is 1. The van der Waals surface area contributed by atoms with Gasteiger partial charge >= 0.3 is 0 Å². The van der Waals surface area contributed by atoms with Gasteiger partial charge in [-0.05, 0) is 39.0 Å². The Kier molecular flexibility index (Phi) is 7.16. The third-order valence-corrected chi connectivity index (χ3v) is 2.74. The molecule has 0 saturated carbocycles. The molecule has 0 bridgehead atoms. The molecule has 0 amide bonds. The van der Waals surface area contributed by atoms with Crippen LogP contribution in [0.5, 0.6) is 5.75 Å². The van der Waals surface area contributed by atoms with Crippen molar-refractivity contribution in [1.82, 2.24) is 0 Å². The molecule has 108 valence electrons. The first-order valence-corrected chi connectivity index (χ1v) is 6.79. The van der Waals surface area contributed by atoms with Crippen molar-refractivity contribution < 1.29 is 19.3 Å². The third-order valence-electron chi connectivity index (χ3n) is 2.50. The highest BCUT2D eigenvalue weighted by molar-refractivity contribution is 6.30. The molecule has 1 aromatic carbocycles. The second kappa shape index (κ2) is 8.38. The zero-order valence-corrected chi connectivity index (χ0v) is 12.3. The molecule has 0 heterocycles. The molecule has 1 atom stereocenters. The summed E-state index contributed by atoms with van der Waals surface area (Å²) >= 11 is 5.91. The molecule has 19 heavy (non-hydrogen) atoms. The summed E-state index contributed by atoms with van der Waals surface area (Å²) in [6, 6.07) is 5.15. The van der Waals surface area contributed by atoms with Gasteiger partial charge in [0.05, 0.1) is 6.10 Å². The van der Waals surface area contributed by atoms with Crippen molar-refractivity contribution in [3.63, 3.8) is 0 Å². The number of aliphatic hydroxyl groups excluding tert-OH is 1. The van der Waals surface area contributed by atoms with E-state index in [2.05, 4.69) is 0 Å². The van der Waals surface area contributed by atoms with Crippen molar-refractivity contribution in [2.24, 2.45) is 0 Å². The van der Waals surface area contributed by atoms with E-state index >= 15 is 0 Å². The summed E-state index contributed by atoms with van der Waals surface area (Å²) in [5, 5.41) is 10.3. The lowest BCUT2D eigenvalue weighted by molar-refractivity contribution is -0.152. The van der Waals surface area contributed by atoms with Crippen molar-refractivity contribution in [2.45, 2.75) is 33.2 Å². The molecule has 0 aliphatic rings. The van der Waals surface area contributed by atoms with Crippen LogP contribution in [0.15, 0.2) is 18.2 Å². The van der Waals surface area contributed by atoms with E-state index in [0.717, 1.165) is 0 Å². The van der Waals surface area contributed by atoms with Crippen LogP contribution in [0.2, 0.25) is 5.02 Å². The zero-order chi connectivity index (χ0) is 14.3. The van der Waals surface area contributed by atoms with Crippen molar-refractivity contribution >= 4 is 11.6 Å². The summed E-state index contributed by atoms with van der Waals surface area (Å²) in [4.78, 5) is 0. The lowest BCUT2D eigenvalue weighted by atomic mass is 10.1. The first-order chi connectivity index (χ1) is 9.08. The average molecular weight is 289 g/mol. The van der Waals surface area contributed by atoms with Gasteiger partial charge in [-0.25, -0.2) is 0 Å². The van der Waals surface area contributed by atoms with Crippen LogP contribution in [0, 0.1) is 0 Å². The van der Waals surface area contributed by atoms with Gasteiger partial charge in [-0.3, -0.25) is 0 Å². The van der Waals surface area contributed by atoms with E-state index in [0.29, 0.717) is 29.5 Å². The summed E-state index contributed by atoms with van der Waals surface area (Å²) in [6.07, 6.45) is -1.06. The number of hydrogen-bond donors (Lipinski definition) is 1. The second-order valence-electron chi connectivity index (χ2n) is 4.01. The van der Waals surface area contributed by atoms with Crippen LogP contribution in [-0.4, -0.2) is 31.2 Å². The Balaban J connectivity index is 2.70. The molecule has 1 N–H and O–H groups in total. The summed E-state index contributed by atoms with van der Waals surface area (Å²) in [5.41, 5.74) is 0.652. The smallest absolute Gasteiger partial charge is 0.191 e. The Hall–Kier alpha value is -0.810. The largest absolute Gasteiger partial charge is 0.488 e. The Morgan fingerprint density at radius 1 is 1.21 bits per heavy atom. The van der Waals surface area contributed by atoms with Gasteiger partial charge in [-0.1, -0.05) is 11.6 Å². The Morgan fingerprint density at radius 2 is 1.84 bits per heavy atom. The maximum absolute atomic E-state index is 9.70. The van der Waals surface area contributed by atoms with E-state index in [-0.39, 0.29) is 6.61 Å². The SMILES string of the molecule is CCOC(COc1ccc(Cl)cc1C(C)O)OCC. The van der Waals surface area contributed by atoms with Gasteiger partial charge in [0.1, 0.15) is 12.4 Å². The third kappa shape index (κ3) is 5.37. The number of hydrogen-bond acceptors (Lipinski definition) is 4. The number of halogens is 1. The van der Waals surface area contributed by atoms with Gasteiger partial charge < -0.3 is 19.3 Å². The molecule has 0 radical (unpaired) electrons. The molecule has 0 spiro atoms. The summed E-state index contributed by atoms with van der Waals surface area (Å²) in [5.74, 6) is 0.587. The normalized spacial score (nSPS) is 12.7. The van der Waals surface area contributed by atoms with Crippen LogP contribution in [0.4, 0.5) is 0 Å². The summed E-state index contributed by atoms with van der Waals surface area (Å²) in [6.45, 7) is 6.84. The van der Waals surface area contributed by atoms with E-state index in [1.807, 2.05) is 13.8 Å². The molecule has 0 saturated heterocycles. The maximum atomic E-state index is 9.70. The molecule has 4 nitrogen and oxygen atoms in total. The molecule has 1 unspecified atom stereocenters. The average Bonchev–Trinajstić information content (AvgIpc) is 2.37. The second-order valence-corrected chi connectivity index (χ2v) is 4.45. The Morgan fingerprint density at radius 3 is 2.37 bits per heavy atom. The molecular weight excluding hydrogens is 268 g/mol. The van der Waals surface area contributed by atoms with Crippen LogP contribution < -0.4 is 4.74 Å². The minimum atomic E-state index is -0.647. The Bertz CT molecular complexity index is 376. The van der Waals surface area contributed by atoms with E-state index in [4.69, 9.17) is 25.8 Å². The van der Waals surface area contributed by atoms with E-state index in [1.54, 1.807) is 25.1 Å². The highest BCUT2D eigenvalue weighted by Crippen LogP contribution is 2.28. The first kappa shape index (κ1) is 16.2. The minimum Gasteiger partial charge on any atom is -0.488 e. The molecule has 0 aliphatic carbocycles. The standard InChI is InChI=1S/C14H21ClO4/c1-4-17-14(18-5-2)9-19-13-7-6-11(15)8-12(13)10(3)16/h6-8,10,14,16H,4-5,9H2,1-3H3. The molecule has 0 fully saturated rings. The van der Waals surface area contributed by atoms with Gasteiger partial charge in [0.2, 0.25) is 0 Å². The number of aliphatic hydroxyl groups is 1. The summed E-state index contributed by atoms with van der Waals surface area (Å²) in [7, 11) is 0. The van der Waals surface area contributed by atoms with Crippen molar-refractivity contribution in [1.29, 1.82) is 0 Å². The molecule has 1 rings (SSSR count). The minimum absolute atomic E-state index is 0.267. The topological polar surface area (TPSA) is 47.9 Å². The van der Waals surface area contributed by atoms with Crippen LogP contribution in [0.1, 0.15) is 32.4 Å². The van der Waals surface area contributed by atoms with Crippen molar-refractivity contribution in [3.05, 3.63) is 28.8 Å². The molecule has 0 aromatic heterocycles.